The minimum Gasteiger partial charge on any atom is -0.340 e. The van der Waals surface area contributed by atoms with Crippen LogP contribution in [0.15, 0.2) is 66.9 Å². The van der Waals surface area contributed by atoms with Crippen LogP contribution in [0, 0.1) is 18.3 Å². The molecule has 2 heterocycles. The van der Waals surface area contributed by atoms with Gasteiger partial charge in [-0.3, -0.25) is 4.98 Å². The Bertz CT molecular complexity index is 1140. The summed E-state index contributed by atoms with van der Waals surface area (Å²) in [7, 11) is 0. The Morgan fingerprint density at radius 2 is 1.74 bits per heavy atom. The molecule has 6 heteroatoms. The molecular weight excluding hydrogens is 336 g/mol. The van der Waals surface area contributed by atoms with E-state index in [9.17, 15) is 0 Å². The molecule has 0 bridgehead atoms. The maximum atomic E-state index is 8.90. The molecule has 0 fully saturated rings. The van der Waals surface area contributed by atoms with Gasteiger partial charge in [0.25, 0.3) is 0 Å². The van der Waals surface area contributed by atoms with E-state index in [0.717, 1.165) is 28.0 Å². The van der Waals surface area contributed by atoms with E-state index in [2.05, 4.69) is 31.7 Å². The summed E-state index contributed by atoms with van der Waals surface area (Å²) in [6, 6.07) is 21.1. The molecule has 130 valence electrons. The van der Waals surface area contributed by atoms with Crippen molar-refractivity contribution in [3.63, 3.8) is 0 Å². The Labute approximate surface area is 156 Å². The number of benzene rings is 2. The fraction of sp³-hybridized carbons (Fsp3) is 0.0476. The van der Waals surface area contributed by atoms with E-state index in [1.165, 1.54) is 0 Å². The first-order valence-electron chi connectivity index (χ1n) is 8.45. The number of anilines is 4. The van der Waals surface area contributed by atoms with Crippen molar-refractivity contribution >= 4 is 34.0 Å². The lowest BCUT2D eigenvalue weighted by atomic mass is 10.2. The monoisotopic (exact) mass is 352 g/mol. The van der Waals surface area contributed by atoms with Crippen molar-refractivity contribution in [1.82, 2.24) is 15.0 Å². The van der Waals surface area contributed by atoms with Gasteiger partial charge in [-0.25, -0.2) is 4.98 Å². The lowest BCUT2D eigenvalue weighted by Crippen LogP contribution is -2.03. The van der Waals surface area contributed by atoms with E-state index >= 15 is 0 Å². The summed E-state index contributed by atoms with van der Waals surface area (Å²) < 4.78 is 0. The SMILES string of the molecule is Cc1cc(Nc2ccc(C#N)cc2)nc(Nc2cccc3cccnc23)n1. The highest BCUT2D eigenvalue weighted by atomic mass is 15.1. The molecule has 0 amide bonds. The lowest BCUT2D eigenvalue weighted by molar-refractivity contribution is 1.11. The van der Waals surface area contributed by atoms with Gasteiger partial charge in [0.1, 0.15) is 5.82 Å². The van der Waals surface area contributed by atoms with Crippen LogP contribution in [0.25, 0.3) is 10.9 Å². The van der Waals surface area contributed by atoms with Gasteiger partial charge in [0.2, 0.25) is 5.95 Å². The van der Waals surface area contributed by atoms with Crippen molar-refractivity contribution in [3.8, 4) is 6.07 Å². The zero-order valence-corrected chi connectivity index (χ0v) is 14.6. The molecule has 0 aliphatic heterocycles. The first-order chi connectivity index (χ1) is 13.2. The standard InChI is InChI=1S/C21H16N6/c1-14-12-19(25-17-9-7-15(13-22)8-10-17)27-21(24-14)26-18-6-2-4-16-5-3-11-23-20(16)18/h2-12H,1H3,(H2,24,25,26,27). The third-order valence-corrected chi connectivity index (χ3v) is 4.02. The fourth-order valence-electron chi connectivity index (χ4n) is 2.79. The maximum Gasteiger partial charge on any atom is 0.229 e. The Balaban J connectivity index is 1.63. The predicted octanol–water partition coefficient (Wildman–Crippen LogP) is 4.69. The van der Waals surface area contributed by atoms with Gasteiger partial charge in [-0.2, -0.15) is 10.2 Å². The minimum atomic E-state index is 0.490. The molecule has 27 heavy (non-hydrogen) atoms. The van der Waals surface area contributed by atoms with Crippen molar-refractivity contribution < 1.29 is 0 Å². The van der Waals surface area contributed by atoms with Crippen LogP contribution >= 0.6 is 0 Å². The lowest BCUT2D eigenvalue weighted by Gasteiger charge is -2.11. The Morgan fingerprint density at radius 3 is 2.56 bits per heavy atom. The highest BCUT2D eigenvalue weighted by Crippen LogP contribution is 2.24. The predicted molar refractivity (Wildman–Crippen MR) is 106 cm³/mol. The fourth-order valence-corrected chi connectivity index (χ4v) is 2.79. The Hall–Kier alpha value is -3.98. The van der Waals surface area contributed by atoms with E-state index < -0.39 is 0 Å². The molecule has 4 rings (SSSR count). The van der Waals surface area contributed by atoms with Gasteiger partial charge in [-0.15, -0.1) is 0 Å². The molecule has 2 N–H and O–H groups in total. The van der Waals surface area contributed by atoms with E-state index in [4.69, 9.17) is 5.26 Å². The smallest absolute Gasteiger partial charge is 0.229 e. The second-order valence-electron chi connectivity index (χ2n) is 6.04. The van der Waals surface area contributed by atoms with Crippen molar-refractivity contribution in [2.75, 3.05) is 10.6 Å². The van der Waals surface area contributed by atoms with Gasteiger partial charge in [0.15, 0.2) is 0 Å². The summed E-state index contributed by atoms with van der Waals surface area (Å²) in [5.74, 6) is 1.16. The summed E-state index contributed by atoms with van der Waals surface area (Å²) >= 11 is 0. The third kappa shape index (κ3) is 3.67. The number of hydrogen-bond acceptors (Lipinski definition) is 6. The highest BCUT2D eigenvalue weighted by molar-refractivity contribution is 5.91. The number of rotatable bonds is 4. The van der Waals surface area contributed by atoms with Crippen molar-refractivity contribution in [2.45, 2.75) is 6.92 Å². The topological polar surface area (TPSA) is 86.5 Å². The van der Waals surface area contributed by atoms with Crippen LogP contribution in [0.4, 0.5) is 23.1 Å². The van der Waals surface area contributed by atoms with Gasteiger partial charge >= 0.3 is 0 Å². The van der Waals surface area contributed by atoms with Crippen LogP contribution < -0.4 is 10.6 Å². The third-order valence-electron chi connectivity index (χ3n) is 4.02. The van der Waals surface area contributed by atoms with Crippen LogP contribution in [-0.4, -0.2) is 15.0 Å². The second-order valence-corrected chi connectivity index (χ2v) is 6.04. The summed E-state index contributed by atoms with van der Waals surface area (Å²) in [6.45, 7) is 1.91. The van der Waals surface area contributed by atoms with Crippen LogP contribution in [-0.2, 0) is 0 Å². The van der Waals surface area contributed by atoms with Gasteiger partial charge in [-0.05, 0) is 43.3 Å². The number of nitrogens with zero attached hydrogens (tertiary/aromatic N) is 4. The van der Waals surface area contributed by atoms with Crippen LogP contribution in [0.1, 0.15) is 11.3 Å². The van der Waals surface area contributed by atoms with Crippen molar-refractivity contribution in [3.05, 3.63) is 78.1 Å². The van der Waals surface area contributed by atoms with E-state index in [-0.39, 0.29) is 0 Å². The highest BCUT2D eigenvalue weighted by Gasteiger charge is 2.07. The molecule has 0 saturated carbocycles. The van der Waals surface area contributed by atoms with Gasteiger partial charge < -0.3 is 10.6 Å². The Morgan fingerprint density at radius 1 is 0.926 bits per heavy atom. The zero-order valence-electron chi connectivity index (χ0n) is 14.6. The van der Waals surface area contributed by atoms with Gasteiger partial charge in [0, 0.05) is 29.0 Å². The molecule has 4 aromatic rings. The van der Waals surface area contributed by atoms with Crippen LogP contribution in [0.2, 0.25) is 0 Å². The molecule has 0 atom stereocenters. The van der Waals surface area contributed by atoms with Gasteiger partial charge in [-0.1, -0.05) is 18.2 Å². The summed E-state index contributed by atoms with van der Waals surface area (Å²) in [6.07, 6.45) is 1.77. The summed E-state index contributed by atoms with van der Waals surface area (Å²) in [5.41, 5.74) is 4.02. The number of nitriles is 1. The molecule has 2 aromatic carbocycles. The average Bonchev–Trinajstić information content (AvgIpc) is 2.68. The summed E-state index contributed by atoms with van der Waals surface area (Å²) in [4.78, 5) is 13.5. The first kappa shape index (κ1) is 16.5. The number of para-hydroxylation sites is 1. The molecule has 0 radical (unpaired) electrons. The second kappa shape index (κ2) is 7.10. The normalized spacial score (nSPS) is 10.4. The summed E-state index contributed by atoms with van der Waals surface area (Å²) in [5, 5.41) is 16.5. The maximum absolute atomic E-state index is 8.90. The Kier molecular flexibility index (Phi) is 4.33. The van der Waals surface area contributed by atoms with E-state index in [0.29, 0.717) is 17.3 Å². The number of pyridine rings is 1. The van der Waals surface area contributed by atoms with Gasteiger partial charge in [0.05, 0.1) is 22.8 Å². The van der Waals surface area contributed by atoms with Crippen LogP contribution in [0.5, 0.6) is 0 Å². The molecule has 0 unspecified atom stereocenters. The number of aryl methyl sites for hydroxylation is 1. The van der Waals surface area contributed by atoms with E-state index in [1.54, 1.807) is 18.3 Å². The molecule has 2 aromatic heterocycles. The molecule has 0 aliphatic rings. The number of hydrogen-bond donors (Lipinski definition) is 2. The van der Waals surface area contributed by atoms with Crippen LogP contribution in [0.3, 0.4) is 0 Å². The molecule has 0 spiro atoms. The van der Waals surface area contributed by atoms with Crippen molar-refractivity contribution in [1.29, 1.82) is 5.26 Å². The quantitative estimate of drug-likeness (QED) is 0.554. The number of fused-ring (bicyclic) bond motifs is 1. The molecule has 0 aliphatic carbocycles. The zero-order chi connectivity index (χ0) is 18.6. The molecular formula is C21H16N6. The largest absolute Gasteiger partial charge is 0.340 e. The van der Waals surface area contributed by atoms with E-state index in [1.807, 2.05) is 55.5 Å². The number of aromatic nitrogens is 3. The average molecular weight is 352 g/mol. The molecule has 0 saturated heterocycles. The van der Waals surface area contributed by atoms with Crippen molar-refractivity contribution in [2.24, 2.45) is 0 Å². The molecule has 6 nitrogen and oxygen atoms in total. The number of nitrogens with one attached hydrogen (secondary N) is 2. The minimum absolute atomic E-state index is 0.490. The first-order valence-corrected chi connectivity index (χ1v) is 8.45.